The Balaban J connectivity index is 1.79. The minimum Gasteiger partial charge on any atom is -0.505 e. The number of aromatic hydroxyl groups is 1. The minimum absolute atomic E-state index is 0.0298. The van der Waals surface area contributed by atoms with E-state index in [9.17, 15) is 24.2 Å². The summed E-state index contributed by atoms with van der Waals surface area (Å²) in [5.41, 5.74) is 2.31. The van der Waals surface area contributed by atoms with Crippen LogP contribution in [0.1, 0.15) is 46.5 Å². The zero-order chi connectivity index (χ0) is 23.9. The molecule has 3 aromatic rings. The normalized spacial score (nSPS) is 13.5. The Morgan fingerprint density at radius 1 is 1.24 bits per heavy atom. The van der Waals surface area contributed by atoms with Gasteiger partial charge in [0.25, 0.3) is 5.91 Å². The van der Waals surface area contributed by atoms with E-state index in [-0.39, 0.29) is 54.0 Å². The number of fused-ring (bicyclic) bond motifs is 2. The van der Waals surface area contributed by atoms with Crippen LogP contribution in [0.15, 0.2) is 36.5 Å². The third kappa shape index (κ3) is 4.66. The summed E-state index contributed by atoms with van der Waals surface area (Å²) in [4.78, 5) is 31.3. The number of hydrogen-bond donors (Lipinski definition) is 3. The number of nitrogens with one attached hydrogen (secondary N) is 1. The van der Waals surface area contributed by atoms with Gasteiger partial charge in [-0.15, -0.1) is 0 Å². The van der Waals surface area contributed by atoms with Crippen molar-refractivity contribution in [2.75, 3.05) is 13.6 Å². The number of aromatic nitrogens is 1. The number of phenolic OH excluding ortho intramolecular Hbond substituents is 1. The highest BCUT2D eigenvalue weighted by atomic mass is 19.1. The lowest BCUT2D eigenvalue weighted by atomic mass is 9.93. The first-order chi connectivity index (χ1) is 15.5. The van der Waals surface area contributed by atoms with Crippen LogP contribution in [0.25, 0.3) is 10.9 Å². The molecule has 0 spiro atoms. The standard InChI is InChI=1S/C25H26FN3O4/c1-25(2,33)13-28-20(30)10-17-18-9-15(8-14-4-6-16(26)7-5-14)11-27-22(18)23(31)21-19(17)12-29(3)24(21)32/h4-7,9,11,31,33H,8,10,12-13H2,1-3H3,(H,28,30). The third-order valence-electron chi connectivity index (χ3n) is 5.73. The molecule has 0 radical (unpaired) electrons. The van der Waals surface area contributed by atoms with E-state index in [0.29, 0.717) is 22.9 Å². The van der Waals surface area contributed by atoms with Gasteiger partial charge < -0.3 is 20.4 Å². The fourth-order valence-electron chi connectivity index (χ4n) is 4.08. The van der Waals surface area contributed by atoms with Crippen LogP contribution in [-0.4, -0.2) is 51.1 Å². The molecule has 1 aromatic heterocycles. The maximum absolute atomic E-state index is 13.3. The van der Waals surface area contributed by atoms with Crippen molar-refractivity contribution < 1.29 is 24.2 Å². The maximum Gasteiger partial charge on any atom is 0.258 e. The highest BCUT2D eigenvalue weighted by Crippen LogP contribution is 2.39. The molecular formula is C25H26FN3O4. The van der Waals surface area contributed by atoms with Gasteiger partial charge in [0.2, 0.25) is 5.91 Å². The van der Waals surface area contributed by atoms with Crippen molar-refractivity contribution in [3.8, 4) is 5.75 Å². The van der Waals surface area contributed by atoms with Crippen LogP contribution in [-0.2, 0) is 24.2 Å². The average molecular weight is 451 g/mol. The number of amides is 2. The Kier molecular flexibility index (Phi) is 5.80. The maximum atomic E-state index is 13.3. The monoisotopic (exact) mass is 451 g/mol. The zero-order valence-electron chi connectivity index (χ0n) is 18.8. The van der Waals surface area contributed by atoms with E-state index in [2.05, 4.69) is 10.3 Å². The number of aliphatic hydroxyl groups is 1. The molecule has 2 amide bonds. The molecule has 8 heteroatoms. The van der Waals surface area contributed by atoms with Gasteiger partial charge >= 0.3 is 0 Å². The molecule has 1 aliphatic heterocycles. The Bertz CT molecular complexity index is 1250. The molecule has 172 valence electrons. The van der Waals surface area contributed by atoms with Crippen molar-refractivity contribution in [3.63, 3.8) is 0 Å². The topological polar surface area (TPSA) is 103 Å². The highest BCUT2D eigenvalue weighted by Gasteiger charge is 2.33. The van der Waals surface area contributed by atoms with Crippen molar-refractivity contribution in [1.29, 1.82) is 0 Å². The van der Waals surface area contributed by atoms with Gasteiger partial charge in [0.05, 0.1) is 17.6 Å². The van der Waals surface area contributed by atoms with Gasteiger partial charge in [0.1, 0.15) is 11.3 Å². The average Bonchev–Trinajstić information content (AvgIpc) is 3.05. The lowest BCUT2D eigenvalue weighted by molar-refractivity contribution is -0.121. The fourth-order valence-corrected chi connectivity index (χ4v) is 4.08. The first-order valence-electron chi connectivity index (χ1n) is 10.7. The molecule has 7 nitrogen and oxygen atoms in total. The quantitative estimate of drug-likeness (QED) is 0.535. The Hall–Kier alpha value is -3.52. The summed E-state index contributed by atoms with van der Waals surface area (Å²) in [6.07, 6.45) is 2.07. The van der Waals surface area contributed by atoms with Gasteiger partial charge in [-0.1, -0.05) is 12.1 Å². The van der Waals surface area contributed by atoms with Crippen LogP contribution in [0, 0.1) is 5.82 Å². The summed E-state index contributed by atoms with van der Waals surface area (Å²) in [6, 6.07) is 8.02. The first kappa shape index (κ1) is 22.7. The lowest BCUT2D eigenvalue weighted by Crippen LogP contribution is -2.39. The van der Waals surface area contributed by atoms with Gasteiger partial charge in [-0.05, 0) is 60.7 Å². The fraction of sp³-hybridized carbons (Fsp3) is 0.320. The van der Waals surface area contributed by atoms with Gasteiger partial charge in [-0.3, -0.25) is 14.6 Å². The molecule has 0 unspecified atom stereocenters. The number of phenols is 1. The Labute approximate surface area is 190 Å². The predicted molar refractivity (Wildman–Crippen MR) is 121 cm³/mol. The molecule has 1 aliphatic rings. The van der Waals surface area contributed by atoms with E-state index < -0.39 is 5.60 Å². The summed E-state index contributed by atoms with van der Waals surface area (Å²) in [5.74, 6) is -1.13. The second kappa shape index (κ2) is 8.44. The van der Waals surface area contributed by atoms with E-state index in [1.807, 2.05) is 6.07 Å². The number of rotatable bonds is 6. The zero-order valence-corrected chi connectivity index (χ0v) is 18.8. The first-order valence-corrected chi connectivity index (χ1v) is 10.7. The highest BCUT2D eigenvalue weighted by molar-refractivity contribution is 6.08. The predicted octanol–water partition coefficient (Wildman–Crippen LogP) is 2.69. The van der Waals surface area contributed by atoms with Crippen LogP contribution >= 0.6 is 0 Å². The minimum atomic E-state index is -1.06. The van der Waals surface area contributed by atoms with Gasteiger partial charge in [-0.25, -0.2) is 4.39 Å². The van der Waals surface area contributed by atoms with Crippen molar-refractivity contribution in [1.82, 2.24) is 15.2 Å². The summed E-state index contributed by atoms with van der Waals surface area (Å²) in [7, 11) is 1.64. The summed E-state index contributed by atoms with van der Waals surface area (Å²) < 4.78 is 13.3. The Morgan fingerprint density at radius 3 is 2.61 bits per heavy atom. The van der Waals surface area contributed by atoms with Gasteiger partial charge in [-0.2, -0.15) is 0 Å². The third-order valence-corrected chi connectivity index (χ3v) is 5.73. The molecule has 3 N–H and O–H groups in total. The molecule has 0 bridgehead atoms. The second-order valence-corrected chi connectivity index (χ2v) is 9.15. The van der Waals surface area contributed by atoms with Gasteiger partial charge in [0, 0.05) is 31.7 Å². The van der Waals surface area contributed by atoms with E-state index in [0.717, 1.165) is 11.1 Å². The van der Waals surface area contributed by atoms with E-state index >= 15 is 0 Å². The van der Waals surface area contributed by atoms with Crippen molar-refractivity contribution in [2.45, 2.75) is 38.8 Å². The molecule has 2 aromatic carbocycles. The summed E-state index contributed by atoms with van der Waals surface area (Å²) in [5, 5.41) is 24.1. The van der Waals surface area contributed by atoms with Crippen LogP contribution < -0.4 is 5.32 Å². The number of pyridine rings is 1. The van der Waals surface area contributed by atoms with E-state index in [1.54, 1.807) is 39.2 Å². The molecular weight excluding hydrogens is 425 g/mol. The number of halogens is 1. The van der Waals surface area contributed by atoms with Crippen LogP contribution in [0.3, 0.4) is 0 Å². The second-order valence-electron chi connectivity index (χ2n) is 9.15. The van der Waals surface area contributed by atoms with Crippen molar-refractivity contribution in [3.05, 3.63) is 70.2 Å². The van der Waals surface area contributed by atoms with Crippen LogP contribution in [0.4, 0.5) is 4.39 Å². The van der Waals surface area contributed by atoms with E-state index in [4.69, 9.17) is 0 Å². The number of hydrogen-bond acceptors (Lipinski definition) is 5. The molecule has 33 heavy (non-hydrogen) atoms. The van der Waals surface area contributed by atoms with E-state index in [1.165, 1.54) is 17.0 Å². The smallest absolute Gasteiger partial charge is 0.258 e. The van der Waals surface area contributed by atoms with Gasteiger partial charge in [0.15, 0.2) is 5.75 Å². The molecule has 0 saturated carbocycles. The number of carbonyl (C=O) groups excluding carboxylic acids is 2. The molecule has 2 heterocycles. The summed E-state index contributed by atoms with van der Waals surface area (Å²) in [6.45, 7) is 3.55. The van der Waals surface area contributed by atoms with Crippen LogP contribution in [0.2, 0.25) is 0 Å². The van der Waals surface area contributed by atoms with Crippen molar-refractivity contribution in [2.24, 2.45) is 0 Å². The molecule has 4 rings (SSSR count). The lowest BCUT2D eigenvalue weighted by Gasteiger charge is -2.19. The molecule has 0 saturated heterocycles. The SMILES string of the molecule is CN1Cc2c(c(O)c3ncc(Cc4ccc(F)cc4)cc3c2CC(=O)NCC(C)(C)O)C1=O. The molecule has 0 fully saturated rings. The Morgan fingerprint density at radius 2 is 1.94 bits per heavy atom. The number of carbonyl (C=O) groups is 2. The molecule has 0 aliphatic carbocycles. The molecule has 0 atom stereocenters. The number of nitrogens with zero attached hydrogens (tertiary/aromatic N) is 2. The van der Waals surface area contributed by atoms with Crippen LogP contribution in [0.5, 0.6) is 5.75 Å². The largest absolute Gasteiger partial charge is 0.505 e. The summed E-state index contributed by atoms with van der Waals surface area (Å²) >= 11 is 0. The number of benzene rings is 2. The van der Waals surface area contributed by atoms with Crippen molar-refractivity contribution >= 4 is 22.7 Å².